The third-order valence-electron chi connectivity index (χ3n) is 3.31. The molecule has 0 aromatic rings. The zero-order chi connectivity index (χ0) is 10.7. The van der Waals surface area contributed by atoms with Crippen molar-refractivity contribution >= 4 is 0 Å². The third-order valence-corrected chi connectivity index (χ3v) is 3.31. The van der Waals surface area contributed by atoms with Gasteiger partial charge in [0.05, 0.1) is 5.76 Å². The molecule has 0 aliphatic heterocycles. The molecule has 1 fully saturated rings. The summed E-state index contributed by atoms with van der Waals surface area (Å²) >= 11 is 0. The molecular formula is C13H24O. The predicted octanol–water partition coefficient (Wildman–Crippen LogP) is 4.00. The van der Waals surface area contributed by atoms with E-state index in [-0.39, 0.29) is 0 Å². The van der Waals surface area contributed by atoms with Crippen molar-refractivity contribution in [1.29, 1.82) is 0 Å². The summed E-state index contributed by atoms with van der Waals surface area (Å²) in [6.07, 6.45) is 4.29. The van der Waals surface area contributed by atoms with Crippen LogP contribution in [0.1, 0.15) is 47.0 Å². The fourth-order valence-corrected chi connectivity index (χ4v) is 2.51. The van der Waals surface area contributed by atoms with Crippen molar-refractivity contribution in [1.82, 2.24) is 0 Å². The molecule has 0 radical (unpaired) electrons. The van der Waals surface area contributed by atoms with Gasteiger partial charge in [0.15, 0.2) is 0 Å². The van der Waals surface area contributed by atoms with Crippen LogP contribution in [0.2, 0.25) is 0 Å². The second-order valence-corrected chi connectivity index (χ2v) is 5.18. The molecule has 0 spiro atoms. The molecule has 1 aliphatic rings. The SMILES string of the molecule is C=C(C)O[C@@H]1C[C@H](C)CC[C@H]1C(C)C. The van der Waals surface area contributed by atoms with Gasteiger partial charge in [-0.15, -0.1) is 0 Å². The van der Waals surface area contributed by atoms with E-state index in [0.717, 1.165) is 23.5 Å². The molecular weight excluding hydrogens is 172 g/mol. The Kier molecular flexibility index (Phi) is 4.03. The molecule has 0 amide bonds. The van der Waals surface area contributed by atoms with E-state index >= 15 is 0 Å². The van der Waals surface area contributed by atoms with Gasteiger partial charge in [-0.1, -0.05) is 33.8 Å². The molecule has 0 unspecified atom stereocenters. The van der Waals surface area contributed by atoms with Crippen LogP contribution >= 0.6 is 0 Å². The van der Waals surface area contributed by atoms with Crippen LogP contribution < -0.4 is 0 Å². The van der Waals surface area contributed by atoms with Crippen LogP contribution in [-0.2, 0) is 4.74 Å². The van der Waals surface area contributed by atoms with Crippen LogP contribution in [0.3, 0.4) is 0 Å². The molecule has 0 bridgehead atoms. The van der Waals surface area contributed by atoms with Gasteiger partial charge in [-0.05, 0) is 37.5 Å². The largest absolute Gasteiger partial charge is 0.495 e. The molecule has 3 atom stereocenters. The normalized spacial score (nSPS) is 33.1. The van der Waals surface area contributed by atoms with Crippen LogP contribution in [0.5, 0.6) is 0 Å². The second kappa shape index (κ2) is 4.86. The van der Waals surface area contributed by atoms with E-state index in [2.05, 4.69) is 27.4 Å². The molecule has 14 heavy (non-hydrogen) atoms. The number of hydrogen-bond acceptors (Lipinski definition) is 1. The zero-order valence-corrected chi connectivity index (χ0v) is 10.0. The highest BCUT2D eigenvalue weighted by Crippen LogP contribution is 2.35. The number of allylic oxidation sites excluding steroid dienone is 1. The highest BCUT2D eigenvalue weighted by Gasteiger charge is 2.31. The predicted molar refractivity (Wildman–Crippen MR) is 61.0 cm³/mol. The summed E-state index contributed by atoms with van der Waals surface area (Å²) in [5.74, 6) is 3.14. The lowest BCUT2D eigenvalue weighted by Gasteiger charge is -2.37. The lowest BCUT2D eigenvalue weighted by molar-refractivity contribution is 0.0000777. The van der Waals surface area contributed by atoms with E-state index in [1.54, 1.807) is 0 Å². The van der Waals surface area contributed by atoms with Crippen LogP contribution in [0.4, 0.5) is 0 Å². The maximum absolute atomic E-state index is 5.84. The first-order valence-electron chi connectivity index (χ1n) is 5.83. The average Bonchev–Trinajstić information content (AvgIpc) is 2.01. The minimum Gasteiger partial charge on any atom is -0.495 e. The lowest BCUT2D eigenvalue weighted by atomic mass is 9.75. The standard InChI is InChI=1S/C13H24O/c1-9(2)12-7-6-11(5)8-13(12)14-10(3)4/h9,11-13H,3,6-8H2,1-2,4-5H3/t11-,12+,13-/m1/s1. The lowest BCUT2D eigenvalue weighted by Crippen LogP contribution is -2.33. The van der Waals surface area contributed by atoms with E-state index in [9.17, 15) is 0 Å². The van der Waals surface area contributed by atoms with Gasteiger partial charge in [0.25, 0.3) is 0 Å². The van der Waals surface area contributed by atoms with Gasteiger partial charge in [0, 0.05) is 0 Å². The number of rotatable bonds is 3. The first kappa shape index (κ1) is 11.6. The Bertz CT molecular complexity index is 195. The first-order chi connectivity index (χ1) is 6.50. The van der Waals surface area contributed by atoms with Crippen LogP contribution in [-0.4, -0.2) is 6.10 Å². The van der Waals surface area contributed by atoms with Crippen molar-refractivity contribution in [2.24, 2.45) is 17.8 Å². The Hall–Kier alpha value is -0.460. The molecule has 1 nitrogen and oxygen atoms in total. The van der Waals surface area contributed by atoms with Gasteiger partial charge in [-0.3, -0.25) is 0 Å². The summed E-state index contributed by atoms with van der Waals surface area (Å²) in [7, 11) is 0. The topological polar surface area (TPSA) is 9.23 Å². The van der Waals surface area contributed by atoms with Crippen LogP contribution in [0.25, 0.3) is 0 Å². The van der Waals surface area contributed by atoms with Crippen molar-refractivity contribution < 1.29 is 4.74 Å². The van der Waals surface area contributed by atoms with Crippen molar-refractivity contribution in [2.45, 2.75) is 53.1 Å². The summed E-state index contributed by atoms with van der Waals surface area (Å²) in [5, 5.41) is 0. The second-order valence-electron chi connectivity index (χ2n) is 5.18. The molecule has 1 rings (SSSR count). The smallest absolute Gasteiger partial charge is 0.101 e. The van der Waals surface area contributed by atoms with Gasteiger partial charge in [0.1, 0.15) is 6.10 Å². The van der Waals surface area contributed by atoms with Crippen molar-refractivity contribution in [3.8, 4) is 0 Å². The molecule has 0 aromatic heterocycles. The highest BCUT2D eigenvalue weighted by molar-refractivity contribution is 4.86. The fraction of sp³-hybridized carbons (Fsp3) is 0.846. The Morgan fingerprint density at radius 2 is 2.00 bits per heavy atom. The van der Waals surface area contributed by atoms with Gasteiger partial charge >= 0.3 is 0 Å². The molecule has 0 N–H and O–H groups in total. The number of hydrogen-bond donors (Lipinski definition) is 0. The van der Waals surface area contributed by atoms with E-state index < -0.39 is 0 Å². The van der Waals surface area contributed by atoms with Crippen molar-refractivity contribution in [3.63, 3.8) is 0 Å². The van der Waals surface area contributed by atoms with Crippen LogP contribution in [0.15, 0.2) is 12.3 Å². The van der Waals surface area contributed by atoms with E-state index in [0.29, 0.717) is 6.10 Å². The minimum absolute atomic E-state index is 0.413. The van der Waals surface area contributed by atoms with Gasteiger partial charge in [0.2, 0.25) is 0 Å². The fourth-order valence-electron chi connectivity index (χ4n) is 2.51. The Labute approximate surface area is 88.5 Å². The first-order valence-corrected chi connectivity index (χ1v) is 5.83. The summed E-state index contributed by atoms with van der Waals surface area (Å²) in [5.41, 5.74) is 0. The molecule has 0 saturated heterocycles. The van der Waals surface area contributed by atoms with E-state index in [4.69, 9.17) is 4.74 Å². The monoisotopic (exact) mass is 196 g/mol. The molecule has 1 heteroatoms. The zero-order valence-electron chi connectivity index (χ0n) is 10.0. The third kappa shape index (κ3) is 3.04. The van der Waals surface area contributed by atoms with E-state index in [1.165, 1.54) is 19.3 Å². The van der Waals surface area contributed by atoms with E-state index in [1.807, 2.05) is 6.92 Å². The average molecular weight is 196 g/mol. The minimum atomic E-state index is 0.413. The summed E-state index contributed by atoms with van der Waals surface area (Å²) in [6.45, 7) is 12.7. The van der Waals surface area contributed by atoms with Gasteiger partial charge in [-0.25, -0.2) is 0 Å². The molecule has 0 heterocycles. The quantitative estimate of drug-likeness (QED) is 0.620. The summed E-state index contributed by atoms with van der Waals surface area (Å²) in [6, 6.07) is 0. The highest BCUT2D eigenvalue weighted by atomic mass is 16.5. The molecule has 0 aromatic carbocycles. The maximum Gasteiger partial charge on any atom is 0.101 e. The maximum atomic E-state index is 5.84. The Morgan fingerprint density at radius 3 is 2.50 bits per heavy atom. The summed E-state index contributed by atoms with van der Waals surface area (Å²) in [4.78, 5) is 0. The Balaban J connectivity index is 2.58. The molecule has 1 aliphatic carbocycles. The van der Waals surface area contributed by atoms with Crippen molar-refractivity contribution in [3.05, 3.63) is 12.3 Å². The number of ether oxygens (including phenoxy) is 1. The van der Waals surface area contributed by atoms with Gasteiger partial charge in [-0.2, -0.15) is 0 Å². The summed E-state index contributed by atoms with van der Waals surface area (Å²) < 4.78 is 5.84. The molecule has 1 saturated carbocycles. The van der Waals surface area contributed by atoms with Crippen LogP contribution in [0, 0.1) is 17.8 Å². The van der Waals surface area contributed by atoms with Gasteiger partial charge < -0.3 is 4.74 Å². The molecule has 82 valence electrons. The van der Waals surface area contributed by atoms with Crippen molar-refractivity contribution in [2.75, 3.05) is 0 Å². The Morgan fingerprint density at radius 1 is 1.36 bits per heavy atom.